The topological polar surface area (TPSA) is 88.1 Å². The number of rotatable bonds is 4. The lowest BCUT2D eigenvalue weighted by molar-refractivity contribution is -0.165. The molecular formula is C26H37N3O3. The summed E-state index contributed by atoms with van der Waals surface area (Å²) in [7, 11) is 1.83. The summed E-state index contributed by atoms with van der Waals surface area (Å²) >= 11 is 0. The first kappa shape index (κ1) is 22.1. The van der Waals surface area contributed by atoms with Gasteiger partial charge in [0.05, 0.1) is 30.0 Å². The summed E-state index contributed by atoms with van der Waals surface area (Å²) in [5.74, 6) is 3.39. The first-order valence-corrected chi connectivity index (χ1v) is 12.5. The van der Waals surface area contributed by atoms with E-state index in [1.54, 1.807) is 10.9 Å². The molecule has 0 aromatic carbocycles. The van der Waals surface area contributed by atoms with Gasteiger partial charge in [0.15, 0.2) is 5.78 Å². The van der Waals surface area contributed by atoms with E-state index >= 15 is 0 Å². The molecule has 1 N–H and O–H groups in total. The molecule has 1 aromatic rings. The van der Waals surface area contributed by atoms with E-state index in [-0.39, 0.29) is 29.8 Å². The summed E-state index contributed by atoms with van der Waals surface area (Å²) in [6, 6.07) is 2.09. The summed E-state index contributed by atoms with van der Waals surface area (Å²) in [5, 5.41) is 23.9. The molecule has 0 amide bonds. The minimum Gasteiger partial charge on any atom is -0.390 e. The molecule has 1 heterocycles. The number of Topliss-reactive ketones (excluding diaryl/α,β-unsaturated/α-hetero) is 1. The SMILES string of the molecule is CO[C@@H]1C[C@H]2[C@@H](CC[C@@H]3C[C@](C)(O)CC[C@@H]32)[C@@H]2CC[C@H](C(=O)Cn3cc(C#N)cn3)[C@@]12C. The molecule has 0 unspecified atom stereocenters. The summed E-state index contributed by atoms with van der Waals surface area (Å²) in [4.78, 5) is 13.5. The Balaban J connectivity index is 1.37. The lowest BCUT2D eigenvalue weighted by Crippen LogP contribution is -2.57. The maximum atomic E-state index is 13.5. The largest absolute Gasteiger partial charge is 0.390 e. The third-order valence-corrected chi connectivity index (χ3v) is 10.1. The highest BCUT2D eigenvalue weighted by atomic mass is 16.5. The van der Waals surface area contributed by atoms with Gasteiger partial charge in [0, 0.05) is 24.6 Å². The molecule has 174 valence electrons. The molecule has 0 bridgehead atoms. The Hall–Kier alpha value is -1.71. The smallest absolute Gasteiger partial charge is 0.157 e. The highest BCUT2D eigenvalue weighted by molar-refractivity contribution is 5.82. The van der Waals surface area contributed by atoms with Crippen LogP contribution in [0, 0.1) is 52.3 Å². The highest BCUT2D eigenvalue weighted by Crippen LogP contribution is 2.65. The summed E-state index contributed by atoms with van der Waals surface area (Å²) in [6.45, 7) is 4.57. The Morgan fingerprint density at radius 1 is 1.25 bits per heavy atom. The number of nitrogens with zero attached hydrogens (tertiary/aromatic N) is 3. The highest BCUT2D eigenvalue weighted by Gasteiger charge is 2.62. The average molecular weight is 440 g/mol. The van der Waals surface area contributed by atoms with Gasteiger partial charge in [0.2, 0.25) is 0 Å². The van der Waals surface area contributed by atoms with Crippen molar-refractivity contribution in [2.75, 3.05) is 7.11 Å². The minimum absolute atomic E-state index is 0.0158. The number of carbonyl (C=O) groups excluding carboxylic acids is 1. The number of ketones is 1. The maximum Gasteiger partial charge on any atom is 0.157 e. The number of nitriles is 1. The first-order chi connectivity index (χ1) is 15.3. The predicted octanol–water partition coefficient (Wildman–Crippen LogP) is 3.97. The molecule has 6 nitrogen and oxygen atoms in total. The summed E-state index contributed by atoms with van der Waals surface area (Å²) in [5.41, 5.74) is -0.141. The fourth-order valence-electron chi connectivity index (χ4n) is 8.70. The van der Waals surface area contributed by atoms with Crippen molar-refractivity contribution in [2.24, 2.45) is 40.9 Å². The maximum absolute atomic E-state index is 13.5. The Kier molecular flexibility index (Phi) is 5.49. The van der Waals surface area contributed by atoms with Crippen molar-refractivity contribution in [2.45, 2.75) is 83.5 Å². The zero-order chi connectivity index (χ0) is 22.7. The van der Waals surface area contributed by atoms with Gasteiger partial charge in [-0.25, -0.2) is 0 Å². The van der Waals surface area contributed by atoms with E-state index < -0.39 is 5.60 Å². The second-order valence-corrected chi connectivity index (χ2v) is 11.6. The van der Waals surface area contributed by atoms with Crippen LogP contribution in [0.5, 0.6) is 0 Å². The number of hydrogen-bond acceptors (Lipinski definition) is 5. The van der Waals surface area contributed by atoms with Crippen LogP contribution >= 0.6 is 0 Å². The average Bonchev–Trinajstić information content (AvgIpc) is 3.36. The molecule has 0 aliphatic heterocycles. The lowest BCUT2D eigenvalue weighted by atomic mass is 9.48. The number of hydrogen-bond donors (Lipinski definition) is 1. The van der Waals surface area contributed by atoms with Crippen LogP contribution in [0.4, 0.5) is 0 Å². The van der Waals surface area contributed by atoms with Gasteiger partial charge in [0.1, 0.15) is 6.07 Å². The van der Waals surface area contributed by atoms with Gasteiger partial charge in [0.25, 0.3) is 0 Å². The van der Waals surface area contributed by atoms with Gasteiger partial charge in [-0.15, -0.1) is 0 Å². The molecule has 1 aromatic heterocycles. The van der Waals surface area contributed by atoms with Crippen molar-refractivity contribution in [1.82, 2.24) is 9.78 Å². The summed E-state index contributed by atoms with van der Waals surface area (Å²) < 4.78 is 7.78. The Morgan fingerprint density at radius 2 is 2.06 bits per heavy atom. The van der Waals surface area contributed by atoms with Crippen LogP contribution in [0.2, 0.25) is 0 Å². The number of aromatic nitrogens is 2. The number of aliphatic hydroxyl groups is 1. The van der Waals surface area contributed by atoms with Gasteiger partial charge < -0.3 is 9.84 Å². The minimum atomic E-state index is -0.499. The Morgan fingerprint density at radius 3 is 2.78 bits per heavy atom. The fraction of sp³-hybridized carbons (Fsp3) is 0.808. The molecule has 4 fully saturated rings. The van der Waals surface area contributed by atoms with E-state index in [2.05, 4.69) is 18.1 Å². The van der Waals surface area contributed by atoms with E-state index in [0.29, 0.717) is 35.2 Å². The molecule has 4 aliphatic carbocycles. The van der Waals surface area contributed by atoms with Crippen molar-refractivity contribution in [3.8, 4) is 6.07 Å². The van der Waals surface area contributed by atoms with Gasteiger partial charge in [-0.05, 0) is 87.9 Å². The molecule has 0 saturated heterocycles. The molecule has 4 saturated carbocycles. The van der Waals surface area contributed by atoms with Crippen molar-refractivity contribution in [3.05, 3.63) is 18.0 Å². The molecule has 4 aliphatic rings. The third-order valence-electron chi connectivity index (χ3n) is 10.1. The fourth-order valence-corrected chi connectivity index (χ4v) is 8.70. The molecule has 5 rings (SSSR count). The normalized spacial score (nSPS) is 45.4. The molecule has 6 heteroatoms. The van der Waals surface area contributed by atoms with Crippen LogP contribution in [0.25, 0.3) is 0 Å². The second kappa shape index (κ2) is 7.95. The molecule has 0 spiro atoms. The number of ether oxygens (including phenoxy) is 1. The van der Waals surface area contributed by atoms with Crippen LogP contribution in [-0.4, -0.2) is 39.5 Å². The van der Waals surface area contributed by atoms with Gasteiger partial charge >= 0.3 is 0 Å². The van der Waals surface area contributed by atoms with E-state index in [0.717, 1.165) is 38.5 Å². The van der Waals surface area contributed by atoms with Gasteiger partial charge in [-0.2, -0.15) is 10.4 Å². The van der Waals surface area contributed by atoms with Crippen molar-refractivity contribution in [1.29, 1.82) is 5.26 Å². The van der Waals surface area contributed by atoms with Crippen molar-refractivity contribution < 1.29 is 14.6 Å². The van der Waals surface area contributed by atoms with Crippen LogP contribution in [0.15, 0.2) is 12.4 Å². The van der Waals surface area contributed by atoms with Gasteiger partial charge in [-0.3, -0.25) is 9.48 Å². The Labute approximate surface area is 191 Å². The zero-order valence-corrected chi connectivity index (χ0v) is 19.7. The third kappa shape index (κ3) is 3.44. The summed E-state index contributed by atoms with van der Waals surface area (Å²) in [6.07, 6.45) is 11.8. The zero-order valence-electron chi connectivity index (χ0n) is 19.7. The standard InChI is InChI=1S/C26H37N3O3/c1-25(31)9-8-18-17(11-25)4-5-19-20(18)10-24(32-3)26(2)21(19)6-7-22(26)23(30)15-29-14-16(12-27)13-28-29/h13-14,17-22,24,31H,4-11,15H2,1-3H3/t17-,18+,19-,20-,21+,22-,24-,25-,26+/m1/s1. The first-order valence-electron chi connectivity index (χ1n) is 12.5. The van der Waals surface area contributed by atoms with Crippen LogP contribution < -0.4 is 0 Å². The Bertz CT molecular complexity index is 918. The molecular weight excluding hydrogens is 402 g/mol. The van der Waals surface area contributed by atoms with Crippen molar-refractivity contribution in [3.63, 3.8) is 0 Å². The van der Waals surface area contributed by atoms with E-state index in [1.165, 1.54) is 19.0 Å². The number of methoxy groups -OCH3 is 1. The number of carbonyl (C=O) groups is 1. The van der Waals surface area contributed by atoms with Crippen LogP contribution in [0.3, 0.4) is 0 Å². The van der Waals surface area contributed by atoms with Crippen molar-refractivity contribution >= 4 is 5.78 Å². The van der Waals surface area contributed by atoms with Crippen LogP contribution in [-0.2, 0) is 16.1 Å². The van der Waals surface area contributed by atoms with Crippen LogP contribution in [0.1, 0.15) is 70.8 Å². The number of fused-ring (bicyclic) bond motifs is 5. The predicted molar refractivity (Wildman–Crippen MR) is 119 cm³/mol. The van der Waals surface area contributed by atoms with Gasteiger partial charge in [-0.1, -0.05) is 6.92 Å². The van der Waals surface area contributed by atoms with E-state index in [1.807, 2.05) is 14.0 Å². The monoisotopic (exact) mass is 439 g/mol. The molecule has 32 heavy (non-hydrogen) atoms. The second-order valence-electron chi connectivity index (χ2n) is 11.6. The lowest BCUT2D eigenvalue weighted by Gasteiger charge is -2.59. The van der Waals surface area contributed by atoms with E-state index in [4.69, 9.17) is 10.00 Å². The molecule has 0 radical (unpaired) electrons. The van der Waals surface area contributed by atoms with E-state index in [9.17, 15) is 9.90 Å². The molecule has 9 atom stereocenters. The quantitative estimate of drug-likeness (QED) is 0.767.